The van der Waals surface area contributed by atoms with Crippen LogP contribution in [0.1, 0.15) is 52.0 Å². The molecule has 0 spiro atoms. The molecule has 0 unspecified atom stereocenters. The van der Waals surface area contributed by atoms with E-state index in [4.69, 9.17) is 4.74 Å². The van der Waals surface area contributed by atoms with Crippen molar-refractivity contribution in [3.63, 3.8) is 0 Å². The summed E-state index contributed by atoms with van der Waals surface area (Å²) in [6.45, 7) is 11.2. The van der Waals surface area contributed by atoms with Crippen molar-refractivity contribution in [2.24, 2.45) is 5.41 Å². The third kappa shape index (κ3) is 4.91. The Bertz CT molecular complexity index is 596. The minimum atomic E-state index is -0.398. The van der Waals surface area contributed by atoms with Crippen LogP contribution in [-0.2, 0) is 16.0 Å². The van der Waals surface area contributed by atoms with Crippen molar-refractivity contribution in [1.29, 1.82) is 0 Å². The summed E-state index contributed by atoms with van der Waals surface area (Å²) in [4.78, 5) is 18.2. The lowest BCUT2D eigenvalue weighted by molar-refractivity contribution is -0.160. The van der Waals surface area contributed by atoms with Gasteiger partial charge < -0.3 is 9.64 Å². The molecule has 0 aliphatic carbocycles. The number of hydrogen-bond acceptors (Lipinski definition) is 4. The van der Waals surface area contributed by atoms with Crippen molar-refractivity contribution in [1.82, 2.24) is 9.80 Å². The number of carbonyl (C=O) groups excluding carboxylic acids is 1. The van der Waals surface area contributed by atoms with Crippen molar-refractivity contribution >= 4 is 5.97 Å². The molecule has 3 rings (SSSR count). The van der Waals surface area contributed by atoms with Crippen LogP contribution in [0.25, 0.3) is 0 Å². The Morgan fingerprint density at radius 1 is 1.19 bits per heavy atom. The number of nitrogens with zero attached hydrogens (tertiary/aromatic N) is 2. The molecule has 150 valence electrons. The van der Waals surface area contributed by atoms with E-state index in [0.29, 0.717) is 18.7 Å². The molecule has 0 saturated carbocycles. The molecule has 2 saturated heterocycles. The fraction of sp³-hybridized carbons (Fsp3) is 0.696. The quantitative estimate of drug-likeness (QED) is 0.712. The van der Waals surface area contributed by atoms with E-state index in [1.807, 2.05) is 13.0 Å². The summed E-state index contributed by atoms with van der Waals surface area (Å²) in [6, 6.07) is 11.7. The summed E-state index contributed by atoms with van der Waals surface area (Å²) in [5.74, 6) is -0.00169. The fourth-order valence-corrected chi connectivity index (χ4v) is 4.90. The van der Waals surface area contributed by atoms with Gasteiger partial charge in [0, 0.05) is 18.6 Å². The second-order valence-electron chi connectivity index (χ2n) is 8.60. The van der Waals surface area contributed by atoms with Crippen molar-refractivity contribution in [2.75, 3.05) is 32.8 Å². The van der Waals surface area contributed by atoms with Gasteiger partial charge in [-0.25, -0.2) is 0 Å². The van der Waals surface area contributed by atoms with Gasteiger partial charge >= 0.3 is 5.97 Å². The summed E-state index contributed by atoms with van der Waals surface area (Å²) >= 11 is 0. The van der Waals surface area contributed by atoms with E-state index >= 15 is 0 Å². The van der Waals surface area contributed by atoms with E-state index in [1.165, 1.54) is 31.5 Å². The number of esters is 1. The minimum Gasteiger partial charge on any atom is -0.466 e. The molecule has 0 bridgehead atoms. The number of piperidine rings is 2. The summed E-state index contributed by atoms with van der Waals surface area (Å²) in [5.41, 5.74) is 0.840. The van der Waals surface area contributed by atoms with Crippen LogP contribution in [0.5, 0.6) is 0 Å². The first kappa shape index (κ1) is 20.3. The van der Waals surface area contributed by atoms with Gasteiger partial charge in [0.25, 0.3) is 0 Å². The number of benzene rings is 1. The van der Waals surface area contributed by atoms with Crippen LogP contribution in [0.3, 0.4) is 0 Å². The zero-order valence-corrected chi connectivity index (χ0v) is 17.3. The molecule has 27 heavy (non-hydrogen) atoms. The van der Waals surface area contributed by atoms with E-state index in [1.54, 1.807) is 0 Å². The van der Waals surface area contributed by atoms with E-state index < -0.39 is 5.41 Å². The highest BCUT2D eigenvalue weighted by Crippen LogP contribution is 2.37. The topological polar surface area (TPSA) is 32.8 Å². The molecular weight excluding hydrogens is 336 g/mol. The second-order valence-corrected chi connectivity index (χ2v) is 8.60. The van der Waals surface area contributed by atoms with Gasteiger partial charge in [-0.2, -0.15) is 0 Å². The molecule has 4 nitrogen and oxygen atoms in total. The monoisotopic (exact) mass is 372 g/mol. The van der Waals surface area contributed by atoms with Gasteiger partial charge in [-0.1, -0.05) is 30.3 Å². The van der Waals surface area contributed by atoms with E-state index in [-0.39, 0.29) is 5.97 Å². The van der Waals surface area contributed by atoms with Gasteiger partial charge in [0.1, 0.15) is 0 Å². The molecule has 4 heteroatoms. The van der Waals surface area contributed by atoms with Gasteiger partial charge in [-0.05, 0) is 78.1 Å². The smallest absolute Gasteiger partial charge is 0.313 e. The maximum atomic E-state index is 13.0. The van der Waals surface area contributed by atoms with Crippen LogP contribution < -0.4 is 0 Å². The van der Waals surface area contributed by atoms with Crippen LogP contribution in [0.2, 0.25) is 0 Å². The van der Waals surface area contributed by atoms with Gasteiger partial charge in [0.15, 0.2) is 0 Å². The Hall–Kier alpha value is -1.39. The summed E-state index contributed by atoms with van der Waals surface area (Å²) < 4.78 is 5.57. The highest BCUT2D eigenvalue weighted by molar-refractivity contribution is 5.77. The third-order valence-electron chi connectivity index (χ3n) is 6.45. The van der Waals surface area contributed by atoms with Gasteiger partial charge in [0.2, 0.25) is 0 Å². The fourth-order valence-electron chi connectivity index (χ4n) is 4.90. The number of likely N-dealkylation sites (tertiary alicyclic amines) is 2. The molecule has 2 aliphatic heterocycles. The molecule has 0 radical (unpaired) electrons. The Balaban J connectivity index is 1.73. The van der Waals surface area contributed by atoms with Crippen molar-refractivity contribution in [3.8, 4) is 0 Å². The van der Waals surface area contributed by atoms with Crippen LogP contribution in [0.15, 0.2) is 30.3 Å². The highest BCUT2D eigenvalue weighted by atomic mass is 16.5. The van der Waals surface area contributed by atoms with Gasteiger partial charge in [-0.3, -0.25) is 9.69 Å². The Labute approximate surface area is 164 Å². The van der Waals surface area contributed by atoms with Crippen molar-refractivity contribution in [3.05, 3.63) is 35.9 Å². The molecule has 0 N–H and O–H groups in total. The first-order valence-corrected chi connectivity index (χ1v) is 10.7. The lowest BCUT2D eigenvalue weighted by atomic mass is 9.74. The molecule has 2 heterocycles. The number of rotatable bonds is 6. The normalized spacial score (nSPS) is 25.6. The maximum absolute atomic E-state index is 13.0. The Morgan fingerprint density at radius 2 is 1.89 bits per heavy atom. The zero-order chi connectivity index (χ0) is 19.3. The van der Waals surface area contributed by atoms with Crippen LogP contribution >= 0.6 is 0 Å². The van der Waals surface area contributed by atoms with Crippen LogP contribution in [0, 0.1) is 5.41 Å². The summed E-state index contributed by atoms with van der Waals surface area (Å²) in [6.07, 6.45) is 5.22. The van der Waals surface area contributed by atoms with Gasteiger partial charge in [0.05, 0.1) is 12.0 Å². The number of ether oxygens (including phenoxy) is 1. The summed E-state index contributed by atoms with van der Waals surface area (Å²) in [5, 5.41) is 0. The standard InChI is InChI=1S/C23H36N2O2/c1-4-27-22(26)23(17-20-9-6-5-7-10-20)13-8-14-25(18-23)21-11-15-24(16-12-21)19(2)3/h5-7,9-10,19,21H,4,8,11-18H2,1-3H3/t23-/m1/s1. The van der Waals surface area contributed by atoms with E-state index in [9.17, 15) is 4.79 Å². The average molecular weight is 373 g/mol. The molecular formula is C23H36N2O2. The minimum absolute atomic E-state index is 0.00169. The number of hydrogen-bond donors (Lipinski definition) is 0. The van der Waals surface area contributed by atoms with Crippen LogP contribution in [0.4, 0.5) is 0 Å². The maximum Gasteiger partial charge on any atom is 0.313 e. The second kappa shape index (κ2) is 9.20. The highest BCUT2D eigenvalue weighted by Gasteiger charge is 2.45. The average Bonchev–Trinajstić information content (AvgIpc) is 2.69. The Morgan fingerprint density at radius 3 is 2.52 bits per heavy atom. The predicted octanol–water partition coefficient (Wildman–Crippen LogP) is 3.75. The largest absolute Gasteiger partial charge is 0.466 e. The molecule has 2 aliphatic rings. The molecule has 1 aromatic rings. The predicted molar refractivity (Wildman–Crippen MR) is 110 cm³/mol. The molecule has 0 aromatic heterocycles. The number of carbonyl (C=O) groups is 1. The van der Waals surface area contributed by atoms with E-state index in [2.05, 4.69) is 47.9 Å². The Kier molecular flexibility index (Phi) is 6.93. The molecule has 1 atom stereocenters. The first-order valence-electron chi connectivity index (χ1n) is 10.7. The van der Waals surface area contributed by atoms with Gasteiger partial charge in [-0.15, -0.1) is 0 Å². The zero-order valence-electron chi connectivity index (χ0n) is 17.3. The van der Waals surface area contributed by atoms with Crippen LogP contribution in [-0.4, -0.2) is 60.6 Å². The summed E-state index contributed by atoms with van der Waals surface area (Å²) in [7, 11) is 0. The van der Waals surface area contributed by atoms with Crippen molar-refractivity contribution < 1.29 is 9.53 Å². The molecule has 1 aromatic carbocycles. The first-order chi connectivity index (χ1) is 13.0. The van der Waals surface area contributed by atoms with E-state index in [0.717, 1.165) is 32.4 Å². The lowest BCUT2D eigenvalue weighted by Gasteiger charge is -2.47. The molecule has 2 fully saturated rings. The SMILES string of the molecule is CCOC(=O)[C@@]1(Cc2ccccc2)CCCN(C2CCN(C(C)C)CC2)C1. The third-order valence-corrected chi connectivity index (χ3v) is 6.45. The van der Waals surface area contributed by atoms with Crippen molar-refractivity contribution in [2.45, 2.75) is 65.0 Å². The molecule has 0 amide bonds. The lowest BCUT2D eigenvalue weighted by Crippen LogP contribution is -2.55.